The van der Waals surface area contributed by atoms with Gasteiger partial charge in [-0.25, -0.2) is 4.98 Å². The normalized spacial score (nSPS) is 28.0. The summed E-state index contributed by atoms with van der Waals surface area (Å²) < 4.78 is 7.63. The Kier molecular flexibility index (Phi) is 3.00. The van der Waals surface area contributed by atoms with Crippen molar-refractivity contribution in [2.45, 2.75) is 57.3 Å². The van der Waals surface area contributed by atoms with Gasteiger partial charge in [0.2, 0.25) is 11.7 Å². The number of fused-ring (bicyclic) bond motifs is 6. The quantitative estimate of drug-likeness (QED) is 0.847. The van der Waals surface area contributed by atoms with E-state index in [0.29, 0.717) is 23.7 Å². The van der Waals surface area contributed by atoms with Crippen LogP contribution in [0.4, 0.5) is 5.82 Å². The zero-order chi connectivity index (χ0) is 17.2. The molecule has 3 aliphatic rings. The van der Waals surface area contributed by atoms with Gasteiger partial charge in [0.15, 0.2) is 0 Å². The van der Waals surface area contributed by atoms with E-state index in [1.54, 1.807) is 13.8 Å². The van der Waals surface area contributed by atoms with Crippen LogP contribution in [-0.2, 0) is 5.60 Å². The smallest absolute Gasteiger partial charge is 0.295 e. The first-order chi connectivity index (χ1) is 12.0. The van der Waals surface area contributed by atoms with Gasteiger partial charge in [-0.1, -0.05) is 18.0 Å². The number of imidazole rings is 1. The Labute approximate surface area is 144 Å². The van der Waals surface area contributed by atoms with Crippen LogP contribution in [0.25, 0.3) is 0 Å². The van der Waals surface area contributed by atoms with Gasteiger partial charge in [0, 0.05) is 12.0 Å². The van der Waals surface area contributed by atoms with Crippen molar-refractivity contribution in [3.63, 3.8) is 0 Å². The molecule has 9 nitrogen and oxygen atoms in total. The van der Waals surface area contributed by atoms with Gasteiger partial charge >= 0.3 is 0 Å². The molecule has 0 amide bonds. The minimum Gasteiger partial charge on any atom is -0.382 e. The first kappa shape index (κ1) is 14.9. The number of rotatable bonds is 2. The standard InChI is InChI=1S/C16H21N7O2/c1-16(2,24)15-18-14(25-21-15)13-20-19-12-9-5-3-4-6-10(9)22-8-17-7-11(22)23(12)13/h7-10,12,19,24H,3-6H2,1-2H3. The molecule has 0 bridgehead atoms. The number of hydrogen-bond acceptors (Lipinski definition) is 8. The van der Waals surface area contributed by atoms with Crippen LogP contribution in [0.15, 0.2) is 22.1 Å². The number of hydrogen-bond donors (Lipinski definition) is 2. The van der Waals surface area contributed by atoms with E-state index in [2.05, 4.69) is 35.1 Å². The lowest BCUT2D eigenvalue weighted by atomic mass is 9.80. The average Bonchev–Trinajstić information content (AvgIpc) is 3.31. The molecule has 5 rings (SSSR count). The lowest BCUT2D eigenvalue weighted by molar-refractivity contribution is 0.0661. The first-order valence-electron chi connectivity index (χ1n) is 8.75. The summed E-state index contributed by atoms with van der Waals surface area (Å²) in [5.74, 6) is 2.57. The van der Waals surface area contributed by atoms with Crippen molar-refractivity contribution in [2.75, 3.05) is 4.90 Å². The summed E-state index contributed by atoms with van der Waals surface area (Å²) in [6, 6.07) is 0.448. The largest absolute Gasteiger partial charge is 0.382 e. The number of aromatic nitrogens is 4. The summed E-state index contributed by atoms with van der Waals surface area (Å²) in [4.78, 5) is 10.8. The van der Waals surface area contributed by atoms with Crippen molar-refractivity contribution in [1.29, 1.82) is 0 Å². The third-order valence-corrected chi connectivity index (χ3v) is 5.41. The molecular weight excluding hydrogens is 322 g/mol. The minimum absolute atomic E-state index is 0.0713. The molecule has 1 fully saturated rings. The molecule has 1 saturated carbocycles. The van der Waals surface area contributed by atoms with Crippen molar-refractivity contribution in [1.82, 2.24) is 25.1 Å². The number of nitrogens with one attached hydrogen (secondary N) is 1. The van der Waals surface area contributed by atoms with Crippen LogP contribution < -0.4 is 10.3 Å². The molecule has 3 unspecified atom stereocenters. The number of hydrazone groups is 1. The Bertz CT molecular complexity index is 834. The average molecular weight is 343 g/mol. The lowest BCUT2D eigenvalue weighted by Gasteiger charge is -2.45. The molecule has 9 heteroatoms. The molecule has 2 N–H and O–H groups in total. The van der Waals surface area contributed by atoms with E-state index in [1.807, 2.05) is 12.5 Å². The van der Waals surface area contributed by atoms with Crippen molar-refractivity contribution >= 4 is 11.7 Å². The second-order valence-corrected chi connectivity index (χ2v) is 7.54. The number of aliphatic hydroxyl groups is 1. The van der Waals surface area contributed by atoms with E-state index in [1.165, 1.54) is 19.3 Å². The maximum atomic E-state index is 10.1. The van der Waals surface area contributed by atoms with Gasteiger partial charge in [-0.05, 0) is 26.7 Å². The van der Waals surface area contributed by atoms with Crippen molar-refractivity contribution < 1.29 is 9.63 Å². The van der Waals surface area contributed by atoms with Gasteiger partial charge in [0.05, 0.1) is 12.5 Å². The maximum Gasteiger partial charge on any atom is 0.295 e. The number of anilines is 1. The monoisotopic (exact) mass is 343 g/mol. The van der Waals surface area contributed by atoms with Crippen LogP contribution in [0.5, 0.6) is 0 Å². The zero-order valence-electron chi connectivity index (χ0n) is 14.3. The van der Waals surface area contributed by atoms with E-state index in [-0.39, 0.29) is 12.0 Å². The van der Waals surface area contributed by atoms with E-state index >= 15 is 0 Å². The van der Waals surface area contributed by atoms with Crippen molar-refractivity contribution in [3.05, 3.63) is 24.2 Å². The molecular formula is C16H21N7O2. The molecule has 2 aliphatic heterocycles. The van der Waals surface area contributed by atoms with Crippen molar-refractivity contribution in [3.8, 4) is 0 Å². The summed E-state index contributed by atoms with van der Waals surface area (Å²) in [5, 5.41) is 18.5. The molecule has 25 heavy (non-hydrogen) atoms. The molecule has 0 radical (unpaired) electrons. The maximum absolute atomic E-state index is 10.1. The second-order valence-electron chi connectivity index (χ2n) is 7.54. The molecule has 132 valence electrons. The predicted molar refractivity (Wildman–Crippen MR) is 88.7 cm³/mol. The predicted octanol–water partition coefficient (Wildman–Crippen LogP) is 1.34. The fraction of sp³-hybridized carbons (Fsp3) is 0.625. The lowest BCUT2D eigenvalue weighted by Crippen LogP contribution is -2.53. The van der Waals surface area contributed by atoms with E-state index in [9.17, 15) is 5.11 Å². The fourth-order valence-electron chi connectivity index (χ4n) is 4.22. The van der Waals surface area contributed by atoms with Crippen LogP contribution in [-0.4, -0.2) is 36.8 Å². The Morgan fingerprint density at radius 1 is 1.32 bits per heavy atom. The van der Waals surface area contributed by atoms with Gasteiger partial charge in [-0.3, -0.25) is 10.3 Å². The van der Waals surface area contributed by atoms with Crippen LogP contribution in [0, 0.1) is 5.92 Å². The summed E-state index contributed by atoms with van der Waals surface area (Å²) >= 11 is 0. The molecule has 4 heterocycles. The Hall–Kier alpha value is -2.42. The molecule has 2 aromatic heterocycles. The SMILES string of the molecule is CC(C)(O)c1noc(C2=NNC3C4CCCCC4n4cncc4N23)n1. The Morgan fingerprint density at radius 3 is 2.96 bits per heavy atom. The highest BCUT2D eigenvalue weighted by Gasteiger charge is 2.48. The Morgan fingerprint density at radius 2 is 2.16 bits per heavy atom. The van der Waals surface area contributed by atoms with E-state index in [4.69, 9.17) is 4.52 Å². The van der Waals surface area contributed by atoms with Crippen LogP contribution >= 0.6 is 0 Å². The van der Waals surface area contributed by atoms with Gasteiger partial charge in [-0.2, -0.15) is 10.1 Å². The summed E-state index contributed by atoms with van der Waals surface area (Å²) in [6.07, 6.45) is 8.63. The molecule has 0 spiro atoms. The zero-order valence-corrected chi connectivity index (χ0v) is 14.3. The summed E-state index contributed by atoms with van der Waals surface area (Å²) in [6.45, 7) is 3.25. The third kappa shape index (κ3) is 2.11. The van der Waals surface area contributed by atoms with E-state index in [0.717, 1.165) is 12.2 Å². The second kappa shape index (κ2) is 5.04. The Balaban J connectivity index is 1.56. The van der Waals surface area contributed by atoms with Gasteiger partial charge in [-0.15, -0.1) is 0 Å². The van der Waals surface area contributed by atoms with Gasteiger partial charge in [0.1, 0.15) is 17.6 Å². The number of nitrogens with zero attached hydrogens (tertiary/aromatic N) is 6. The third-order valence-electron chi connectivity index (χ3n) is 5.41. The van der Waals surface area contributed by atoms with Crippen LogP contribution in [0.2, 0.25) is 0 Å². The highest BCUT2D eigenvalue weighted by Crippen LogP contribution is 2.45. The van der Waals surface area contributed by atoms with Crippen LogP contribution in [0.1, 0.15) is 57.3 Å². The highest BCUT2D eigenvalue weighted by atomic mass is 16.5. The van der Waals surface area contributed by atoms with Crippen molar-refractivity contribution in [2.24, 2.45) is 11.0 Å². The fourth-order valence-corrected chi connectivity index (χ4v) is 4.22. The molecule has 0 saturated heterocycles. The van der Waals surface area contributed by atoms with Gasteiger partial charge in [0.25, 0.3) is 5.89 Å². The van der Waals surface area contributed by atoms with E-state index < -0.39 is 5.60 Å². The molecule has 2 aromatic rings. The summed E-state index contributed by atoms with van der Waals surface area (Å²) in [7, 11) is 0. The highest BCUT2D eigenvalue weighted by molar-refractivity contribution is 6.08. The van der Waals surface area contributed by atoms with Gasteiger partial charge < -0.3 is 14.2 Å². The minimum atomic E-state index is -1.16. The van der Waals surface area contributed by atoms with Crippen LogP contribution in [0.3, 0.4) is 0 Å². The molecule has 1 aliphatic carbocycles. The topological polar surface area (TPSA) is 105 Å². The molecule has 0 aromatic carbocycles. The molecule has 3 atom stereocenters. The first-order valence-corrected chi connectivity index (χ1v) is 8.75. The number of amidine groups is 1. The summed E-state index contributed by atoms with van der Waals surface area (Å²) in [5.41, 5.74) is 2.11.